The summed E-state index contributed by atoms with van der Waals surface area (Å²) in [7, 11) is 1.67. The molecule has 1 fully saturated rings. The van der Waals surface area contributed by atoms with E-state index in [1.54, 1.807) is 7.11 Å². The van der Waals surface area contributed by atoms with Crippen molar-refractivity contribution in [1.82, 2.24) is 5.32 Å². The molecule has 0 saturated carbocycles. The molecule has 1 N–H and O–H groups in total. The smallest absolute Gasteiger partial charge is 0.221 e. The van der Waals surface area contributed by atoms with Crippen molar-refractivity contribution < 1.29 is 19.0 Å². The molecular formula is C26H35NO4. The molecule has 1 aliphatic rings. The first-order valence-corrected chi connectivity index (χ1v) is 11.1. The van der Waals surface area contributed by atoms with Crippen molar-refractivity contribution in [2.75, 3.05) is 13.7 Å². The Bertz CT molecular complexity index is 860. The van der Waals surface area contributed by atoms with Gasteiger partial charge in [-0.25, -0.2) is 0 Å². The Hall–Kier alpha value is -2.53. The minimum absolute atomic E-state index is 0.0427. The van der Waals surface area contributed by atoms with Crippen LogP contribution < -0.4 is 14.8 Å². The van der Waals surface area contributed by atoms with Crippen LogP contribution in [-0.4, -0.2) is 37.4 Å². The van der Waals surface area contributed by atoms with Gasteiger partial charge in [0.2, 0.25) is 5.91 Å². The van der Waals surface area contributed by atoms with Crippen LogP contribution in [0.5, 0.6) is 11.5 Å². The van der Waals surface area contributed by atoms with E-state index in [-0.39, 0.29) is 29.6 Å². The topological polar surface area (TPSA) is 56.8 Å². The Kier molecular flexibility index (Phi) is 7.60. The molecule has 0 radical (unpaired) electrons. The minimum Gasteiger partial charge on any atom is -0.496 e. The zero-order chi connectivity index (χ0) is 22.4. The van der Waals surface area contributed by atoms with E-state index in [2.05, 4.69) is 19.2 Å². The lowest BCUT2D eigenvalue weighted by Gasteiger charge is -2.36. The van der Waals surface area contributed by atoms with Crippen LogP contribution in [0.1, 0.15) is 64.0 Å². The first-order chi connectivity index (χ1) is 14.8. The van der Waals surface area contributed by atoms with Gasteiger partial charge in [-0.2, -0.15) is 0 Å². The summed E-state index contributed by atoms with van der Waals surface area (Å²) in [5, 5.41) is 3.23. The molecule has 1 saturated heterocycles. The average molecular weight is 426 g/mol. The Labute approximate surface area is 186 Å². The summed E-state index contributed by atoms with van der Waals surface area (Å²) in [6.07, 6.45) is 2.13. The first kappa shape index (κ1) is 23.1. The molecule has 5 heteroatoms. The lowest BCUT2D eigenvalue weighted by Crippen LogP contribution is -2.46. The second-order valence-corrected chi connectivity index (χ2v) is 9.10. The van der Waals surface area contributed by atoms with Crippen LogP contribution in [-0.2, 0) is 9.53 Å². The molecule has 2 aromatic rings. The Morgan fingerprint density at radius 2 is 1.87 bits per heavy atom. The largest absolute Gasteiger partial charge is 0.496 e. The lowest BCUT2D eigenvalue weighted by molar-refractivity contribution is -0.124. The number of ether oxygens (including phenoxy) is 3. The van der Waals surface area contributed by atoms with E-state index in [1.807, 2.05) is 62.4 Å². The second kappa shape index (κ2) is 10.2. The van der Waals surface area contributed by atoms with Gasteiger partial charge in [0.05, 0.1) is 18.8 Å². The fraction of sp³-hybridized carbons (Fsp3) is 0.500. The molecule has 3 rings (SSSR count). The van der Waals surface area contributed by atoms with Crippen LogP contribution in [0.2, 0.25) is 0 Å². The first-order valence-electron chi connectivity index (χ1n) is 11.1. The highest BCUT2D eigenvalue weighted by atomic mass is 16.5. The van der Waals surface area contributed by atoms with Crippen LogP contribution in [0.15, 0.2) is 48.5 Å². The maximum absolute atomic E-state index is 13.1. The number of benzene rings is 2. The van der Waals surface area contributed by atoms with Gasteiger partial charge in [0.25, 0.3) is 0 Å². The molecule has 0 spiro atoms. The van der Waals surface area contributed by atoms with E-state index >= 15 is 0 Å². The third-order valence-corrected chi connectivity index (χ3v) is 5.62. The van der Waals surface area contributed by atoms with Gasteiger partial charge in [-0.15, -0.1) is 0 Å². The number of hydrogen-bond donors (Lipinski definition) is 1. The number of rotatable bonds is 8. The van der Waals surface area contributed by atoms with Gasteiger partial charge in [-0.3, -0.25) is 4.79 Å². The van der Waals surface area contributed by atoms with E-state index < -0.39 is 0 Å². The van der Waals surface area contributed by atoms with Crippen molar-refractivity contribution in [3.8, 4) is 11.5 Å². The summed E-state index contributed by atoms with van der Waals surface area (Å²) >= 11 is 0. The fourth-order valence-corrected chi connectivity index (χ4v) is 4.24. The molecule has 1 amide bonds. The van der Waals surface area contributed by atoms with E-state index in [9.17, 15) is 4.79 Å². The van der Waals surface area contributed by atoms with Crippen LogP contribution in [0.3, 0.4) is 0 Å². The molecule has 168 valence electrons. The van der Waals surface area contributed by atoms with E-state index in [0.717, 1.165) is 35.5 Å². The van der Waals surface area contributed by atoms with E-state index in [0.29, 0.717) is 13.0 Å². The summed E-state index contributed by atoms with van der Waals surface area (Å²) in [4.78, 5) is 13.1. The zero-order valence-electron chi connectivity index (χ0n) is 19.3. The molecule has 1 aliphatic heterocycles. The molecular weight excluding hydrogens is 390 g/mol. The molecule has 0 aliphatic carbocycles. The third-order valence-electron chi connectivity index (χ3n) is 5.62. The molecule has 1 heterocycles. The van der Waals surface area contributed by atoms with Crippen LogP contribution >= 0.6 is 0 Å². The average Bonchev–Trinajstić information content (AvgIpc) is 2.71. The molecule has 2 aromatic carbocycles. The molecule has 0 bridgehead atoms. The van der Waals surface area contributed by atoms with Gasteiger partial charge in [0, 0.05) is 30.6 Å². The monoisotopic (exact) mass is 425 g/mol. The number of hydrogen-bond acceptors (Lipinski definition) is 4. The van der Waals surface area contributed by atoms with Crippen molar-refractivity contribution in [2.24, 2.45) is 0 Å². The number of carbonyl (C=O) groups excluding carboxylic acids is 1. The van der Waals surface area contributed by atoms with Gasteiger partial charge in [0.15, 0.2) is 0 Å². The number of carbonyl (C=O) groups is 1. The number of para-hydroxylation sites is 1. The maximum atomic E-state index is 13.1. The van der Waals surface area contributed by atoms with E-state index in [1.165, 1.54) is 0 Å². The highest BCUT2D eigenvalue weighted by Crippen LogP contribution is 2.35. The number of methoxy groups -OCH3 is 1. The second-order valence-electron chi connectivity index (χ2n) is 9.10. The standard InChI is InChI=1S/C26H35NO4/c1-18(2)31-21-12-10-19(11-13-21)23(22-8-6-7-9-24(22)29-5)16-25(28)27-20-14-15-30-26(3,4)17-20/h6-13,18,20,23H,14-17H2,1-5H3,(H,27,28)/t20-,23+/m1/s1. The van der Waals surface area contributed by atoms with Crippen LogP contribution in [0, 0.1) is 0 Å². The normalized spacial score (nSPS) is 19.0. The molecule has 0 unspecified atom stereocenters. The van der Waals surface area contributed by atoms with Gasteiger partial charge in [-0.1, -0.05) is 30.3 Å². The number of amides is 1. The predicted molar refractivity (Wildman–Crippen MR) is 123 cm³/mol. The Morgan fingerprint density at radius 1 is 1.16 bits per heavy atom. The van der Waals surface area contributed by atoms with Crippen molar-refractivity contribution in [2.45, 2.75) is 70.6 Å². The predicted octanol–water partition coefficient (Wildman–Crippen LogP) is 5.08. The fourth-order valence-electron chi connectivity index (χ4n) is 4.24. The van der Waals surface area contributed by atoms with Crippen LogP contribution in [0.25, 0.3) is 0 Å². The Morgan fingerprint density at radius 3 is 2.52 bits per heavy atom. The summed E-state index contributed by atoms with van der Waals surface area (Å²) in [5.41, 5.74) is 1.86. The van der Waals surface area contributed by atoms with Crippen LogP contribution in [0.4, 0.5) is 0 Å². The van der Waals surface area contributed by atoms with Gasteiger partial charge < -0.3 is 19.5 Å². The minimum atomic E-state index is -0.204. The summed E-state index contributed by atoms with van der Waals surface area (Å²) in [6.45, 7) is 8.83. The lowest BCUT2D eigenvalue weighted by atomic mass is 9.87. The van der Waals surface area contributed by atoms with Crippen molar-refractivity contribution in [3.63, 3.8) is 0 Å². The molecule has 5 nitrogen and oxygen atoms in total. The molecule has 0 aromatic heterocycles. The molecule has 2 atom stereocenters. The molecule has 31 heavy (non-hydrogen) atoms. The number of nitrogens with one attached hydrogen (secondary N) is 1. The van der Waals surface area contributed by atoms with Crippen molar-refractivity contribution in [3.05, 3.63) is 59.7 Å². The maximum Gasteiger partial charge on any atom is 0.221 e. The van der Waals surface area contributed by atoms with Gasteiger partial charge in [-0.05, 0) is 64.3 Å². The zero-order valence-corrected chi connectivity index (χ0v) is 19.3. The van der Waals surface area contributed by atoms with Gasteiger partial charge >= 0.3 is 0 Å². The van der Waals surface area contributed by atoms with Crippen molar-refractivity contribution in [1.29, 1.82) is 0 Å². The third kappa shape index (κ3) is 6.47. The highest BCUT2D eigenvalue weighted by Gasteiger charge is 2.30. The summed E-state index contributed by atoms with van der Waals surface area (Å²) in [5.74, 6) is 1.54. The Balaban J connectivity index is 1.81. The van der Waals surface area contributed by atoms with E-state index in [4.69, 9.17) is 14.2 Å². The summed E-state index contributed by atoms with van der Waals surface area (Å²) in [6, 6.07) is 16.1. The van der Waals surface area contributed by atoms with Crippen molar-refractivity contribution >= 4 is 5.91 Å². The van der Waals surface area contributed by atoms with Gasteiger partial charge in [0.1, 0.15) is 11.5 Å². The quantitative estimate of drug-likeness (QED) is 0.641. The summed E-state index contributed by atoms with van der Waals surface area (Å²) < 4.78 is 17.2. The SMILES string of the molecule is COc1ccccc1[C@@H](CC(=O)N[C@@H]1CCOC(C)(C)C1)c1ccc(OC(C)C)cc1. The highest BCUT2D eigenvalue weighted by molar-refractivity contribution is 5.78.